The number of carboxylic acids is 1. The van der Waals surface area contributed by atoms with Crippen LogP contribution in [0.5, 0.6) is 5.75 Å². The highest BCUT2D eigenvalue weighted by Crippen LogP contribution is 2.26. The molecule has 0 amide bonds. The monoisotopic (exact) mass is 206 g/mol. The van der Waals surface area contributed by atoms with E-state index in [9.17, 15) is 4.79 Å². The Morgan fingerprint density at radius 2 is 2.33 bits per heavy atom. The number of carbonyl (C=O) groups is 1. The molecule has 15 heavy (non-hydrogen) atoms. The first-order valence-electron chi connectivity index (χ1n) is 4.19. The summed E-state index contributed by atoms with van der Waals surface area (Å²) in [5, 5.41) is 17.7. The maximum absolute atomic E-state index is 11.0. The molecule has 1 aromatic rings. The number of hydrogen-bond donors (Lipinski definition) is 2. The second-order valence-corrected chi connectivity index (χ2v) is 2.80. The molecule has 0 heterocycles. The highest BCUT2D eigenvalue weighted by atomic mass is 16.5. The Balaban J connectivity index is 3.53. The molecule has 78 valence electrons. The van der Waals surface area contributed by atoms with Crippen LogP contribution in [0.25, 0.3) is 0 Å². The van der Waals surface area contributed by atoms with Gasteiger partial charge in [-0.1, -0.05) is 6.07 Å². The van der Waals surface area contributed by atoms with E-state index in [0.29, 0.717) is 5.56 Å². The van der Waals surface area contributed by atoms with Crippen LogP contribution in [-0.4, -0.2) is 18.2 Å². The number of aromatic carboxylic acids is 1. The van der Waals surface area contributed by atoms with E-state index in [4.69, 9.17) is 20.8 Å². The Hall–Kier alpha value is -2.06. The molecule has 0 atom stereocenters. The fourth-order valence-electron chi connectivity index (χ4n) is 1.33. The molecular weight excluding hydrogens is 196 g/mol. The molecule has 0 aliphatic heterocycles. The van der Waals surface area contributed by atoms with Gasteiger partial charge in [0.05, 0.1) is 12.7 Å². The number of nitrogens with two attached hydrogens (primary N) is 1. The number of methoxy groups -OCH3 is 1. The zero-order valence-corrected chi connectivity index (χ0v) is 8.15. The maximum atomic E-state index is 11.0. The van der Waals surface area contributed by atoms with Crippen molar-refractivity contribution in [1.29, 1.82) is 5.26 Å². The van der Waals surface area contributed by atoms with Crippen LogP contribution in [0.15, 0.2) is 12.1 Å². The summed E-state index contributed by atoms with van der Waals surface area (Å²) < 4.78 is 4.91. The number of carboxylic acid groups (broad SMARTS) is 1. The second-order valence-electron chi connectivity index (χ2n) is 2.80. The average molecular weight is 206 g/mol. The minimum absolute atomic E-state index is 0.0425. The molecule has 0 bridgehead atoms. The van der Waals surface area contributed by atoms with Gasteiger partial charge in [0.15, 0.2) is 5.75 Å². The van der Waals surface area contributed by atoms with E-state index in [1.807, 2.05) is 6.07 Å². The summed E-state index contributed by atoms with van der Waals surface area (Å²) in [5.74, 6) is -1.09. The summed E-state index contributed by atoms with van der Waals surface area (Å²) in [7, 11) is 1.32. The first-order valence-corrected chi connectivity index (χ1v) is 4.19. The Morgan fingerprint density at radius 3 is 2.73 bits per heavy atom. The number of benzene rings is 1. The third-order valence-corrected chi connectivity index (χ3v) is 2.00. The van der Waals surface area contributed by atoms with Crippen LogP contribution in [0.3, 0.4) is 0 Å². The van der Waals surface area contributed by atoms with Crippen molar-refractivity contribution < 1.29 is 14.6 Å². The number of nitriles is 1. The molecule has 0 saturated carbocycles. The molecule has 1 rings (SSSR count). The largest absolute Gasteiger partial charge is 0.494 e. The minimum atomic E-state index is -1.15. The molecule has 0 saturated heterocycles. The van der Waals surface area contributed by atoms with Crippen molar-refractivity contribution in [2.45, 2.75) is 6.54 Å². The van der Waals surface area contributed by atoms with Gasteiger partial charge in [-0.2, -0.15) is 5.26 Å². The lowest BCUT2D eigenvalue weighted by Gasteiger charge is -2.10. The van der Waals surface area contributed by atoms with Gasteiger partial charge in [-0.3, -0.25) is 0 Å². The number of hydrogen-bond acceptors (Lipinski definition) is 4. The van der Waals surface area contributed by atoms with Crippen molar-refractivity contribution in [3.63, 3.8) is 0 Å². The Morgan fingerprint density at radius 1 is 1.67 bits per heavy atom. The quantitative estimate of drug-likeness (QED) is 0.759. The minimum Gasteiger partial charge on any atom is -0.494 e. The Labute approximate surface area is 86.7 Å². The molecule has 5 nitrogen and oxygen atoms in total. The van der Waals surface area contributed by atoms with Crippen LogP contribution in [-0.2, 0) is 6.54 Å². The summed E-state index contributed by atoms with van der Waals surface area (Å²) >= 11 is 0. The van der Waals surface area contributed by atoms with Gasteiger partial charge in [-0.25, -0.2) is 4.79 Å². The van der Waals surface area contributed by atoms with Crippen LogP contribution in [0, 0.1) is 11.3 Å². The lowest BCUT2D eigenvalue weighted by Crippen LogP contribution is -2.10. The third kappa shape index (κ3) is 1.90. The zero-order valence-electron chi connectivity index (χ0n) is 8.15. The molecule has 0 spiro atoms. The SMILES string of the molecule is COc1c(C#N)ccc(CN)c1C(=O)O. The van der Waals surface area contributed by atoms with Gasteiger partial charge < -0.3 is 15.6 Å². The normalized spacial score (nSPS) is 9.40. The molecule has 3 N–H and O–H groups in total. The van der Waals surface area contributed by atoms with Gasteiger partial charge in [0.1, 0.15) is 11.6 Å². The summed E-state index contributed by atoms with van der Waals surface area (Å²) in [4.78, 5) is 11.0. The lowest BCUT2D eigenvalue weighted by molar-refractivity contribution is 0.0692. The van der Waals surface area contributed by atoms with Crippen molar-refractivity contribution in [2.24, 2.45) is 5.73 Å². The predicted molar refractivity (Wildman–Crippen MR) is 52.6 cm³/mol. The molecule has 0 fully saturated rings. The Bertz CT molecular complexity index is 435. The van der Waals surface area contributed by atoms with Crippen LogP contribution < -0.4 is 10.5 Å². The topological polar surface area (TPSA) is 96.3 Å². The smallest absolute Gasteiger partial charge is 0.339 e. The van der Waals surface area contributed by atoms with E-state index in [-0.39, 0.29) is 23.4 Å². The van der Waals surface area contributed by atoms with Crippen molar-refractivity contribution in [2.75, 3.05) is 7.11 Å². The van der Waals surface area contributed by atoms with E-state index in [2.05, 4.69) is 0 Å². The molecule has 0 unspecified atom stereocenters. The molecule has 0 aromatic heterocycles. The van der Waals surface area contributed by atoms with Crippen LogP contribution in [0.1, 0.15) is 21.5 Å². The first kappa shape index (κ1) is 11.0. The van der Waals surface area contributed by atoms with Gasteiger partial charge >= 0.3 is 5.97 Å². The third-order valence-electron chi connectivity index (χ3n) is 2.00. The van der Waals surface area contributed by atoms with Gasteiger partial charge in [-0.05, 0) is 11.6 Å². The molecule has 5 heteroatoms. The van der Waals surface area contributed by atoms with E-state index in [1.165, 1.54) is 19.2 Å². The highest BCUT2D eigenvalue weighted by molar-refractivity contribution is 5.93. The summed E-state index contributed by atoms with van der Waals surface area (Å²) in [6, 6.07) is 4.88. The van der Waals surface area contributed by atoms with Crippen LogP contribution in [0.2, 0.25) is 0 Å². The van der Waals surface area contributed by atoms with Crippen molar-refractivity contribution in [3.8, 4) is 11.8 Å². The van der Waals surface area contributed by atoms with E-state index in [0.717, 1.165) is 0 Å². The molecule has 1 aromatic carbocycles. The number of nitrogens with zero attached hydrogens (tertiary/aromatic N) is 1. The summed E-state index contributed by atoms with van der Waals surface area (Å²) in [5.41, 5.74) is 5.99. The van der Waals surface area contributed by atoms with Crippen LogP contribution in [0.4, 0.5) is 0 Å². The van der Waals surface area contributed by atoms with Crippen molar-refractivity contribution in [1.82, 2.24) is 0 Å². The maximum Gasteiger partial charge on any atom is 0.339 e. The zero-order chi connectivity index (χ0) is 11.4. The molecule has 0 aliphatic rings. The van der Waals surface area contributed by atoms with E-state index >= 15 is 0 Å². The number of ether oxygens (including phenoxy) is 1. The van der Waals surface area contributed by atoms with E-state index < -0.39 is 5.97 Å². The fourth-order valence-corrected chi connectivity index (χ4v) is 1.33. The standard InChI is InChI=1S/C10H10N2O3/c1-15-9-7(5-12)3-2-6(4-11)8(9)10(13)14/h2-3H,4,11H2,1H3,(H,13,14). The van der Waals surface area contributed by atoms with Crippen molar-refractivity contribution >= 4 is 5.97 Å². The number of rotatable bonds is 3. The van der Waals surface area contributed by atoms with Gasteiger partial charge in [0.2, 0.25) is 0 Å². The first-order chi connectivity index (χ1) is 7.15. The van der Waals surface area contributed by atoms with Gasteiger partial charge in [0, 0.05) is 6.54 Å². The molecule has 0 aliphatic carbocycles. The molecular formula is C10H10N2O3. The fraction of sp³-hybridized carbons (Fsp3) is 0.200. The van der Waals surface area contributed by atoms with E-state index in [1.54, 1.807) is 0 Å². The Kier molecular flexibility index (Phi) is 3.26. The van der Waals surface area contributed by atoms with Gasteiger partial charge in [0.25, 0.3) is 0 Å². The lowest BCUT2D eigenvalue weighted by atomic mass is 10.0. The average Bonchev–Trinajstić information content (AvgIpc) is 2.26. The van der Waals surface area contributed by atoms with Crippen molar-refractivity contribution in [3.05, 3.63) is 28.8 Å². The predicted octanol–water partition coefficient (Wildman–Crippen LogP) is 0.724. The summed E-state index contributed by atoms with van der Waals surface area (Å²) in [6.07, 6.45) is 0. The highest BCUT2D eigenvalue weighted by Gasteiger charge is 2.18. The van der Waals surface area contributed by atoms with Crippen LogP contribution >= 0.6 is 0 Å². The van der Waals surface area contributed by atoms with Gasteiger partial charge in [-0.15, -0.1) is 0 Å². The summed E-state index contributed by atoms with van der Waals surface area (Å²) in [6.45, 7) is 0.0870. The molecule has 0 radical (unpaired) electrons. The second kappa shape index (κ2) is 4.44.